The van der Waals surface area contributed by atoms with E-state index in [0.29, 0.717) is 17.8 Å². The van der Waals surface area contributed by atoms with E-state index in [-0.39, 0.29) is 11.5 Å². The zero-order chi connectivity index (χ0) is 15.0. The number of ether oxygens (including phenoxy) is 1. The molecule has 0 heterocycles. The summed E-state index contributed by atoms with van der Waals surface area (Å²) in [4.78, 5) is 0. The average Bonchev–Trinajstić information content (AvgIpc) is 2.82. The molecule has 21 heavy (non-hydrogen) atoms. The van der Waals surface area contributed by atoms with Crippen molar-refractivity contribution in [2.75, 3.05) is 7.11 Å². The largest absolute Gasteiger partial charge is 0.497 e. The van der Waals surface area contributed by atoms with Crippen molar-refractivity contribution in [1.29, 1.82) is 0 Å². The third-order valence-electron chi connectivity index (χ3n) is 6.10. The Labute approximate surface area is 127 Å². The summed E-state index contributed by atoms with van der Waals surface area (Å²) in [6.45, 7) is 6.38. The number of hydrogen-bond donors (Lipinski definition) is 1. The highest BCUT2D eigenvalue weighted by Crippen LogP contribution is 2.58. The van der Waals surface area contributed by atoms with Gasteiger partial charge in [0.25, 0.3) is 0 Å². The van der Waals surface area contributed by atoms with Gasteiger partial charge in [-0.05, 0) is 66.5 Å². The normalized spacial score (nSPS) is 38.8. The molecule has 1 N–H and O–H groups in total. The zero-order valence-electron chi connectivity index (χ0n) is 13.1. The van der Waals surface area contributed by atoms with Gasteiger partial charge in [-0.25, -0.2) is 0 Å². The van der Waals surface area contributed by atoms with E-state index in [0.717, 1.165) is 31.4 Å². The highest BCUT2D eigenvalue weighted by atomic mass is 16.5. The quantitative estimate of drug-likeness (QED) is 0.846. The van der Waals surface area contributed by atoms with Crippen LogP contribution in [0.25, 0.3) is 0 Å². The molecule has 1 aromatic carbocycles. The maximum absolute atomic E-state index is 10.4. The first-order valence-corrected chi connectivity index (χ1v) is 8.04. The van der Waals surface area contributed by atoms with Crippen LogP contribution in [0.4, 0.5) is 0 Å². The van der Waals surface area contributed by atoms with Gasteiger partial charge in [-0.2, -0.15) is 0 Å². The van der Waals surface area contributed by atoms with Crippen LogP contribution in [0, 0.1) is 17.3 Å². The van der Waals surface area contributed by atoms with Crippen molar-refractivity contribution in [3.05, 3.63) is 42.5 Å². The SMILES string of the molecule is C=CC1C2CCC(O)[C@@]2(C)CC[C@@H]1c1ccc(OC)cc1. The van der Waals surface area contributed by atoms with Crippen LogP contribution in [0.3, 0.4) is 0 Å². The minimum atomic E-state index is -0.137. The van der Waals surface area contributed by atoms with Crippen LogP contribution >= 0.6 is 0 Å². The second-order valence-corrected chi connectivity index (χ2v) is 6.94. The molecule has 3 rings (SSSR count). The van der Waals surface area contributed by atoms with Crippen molar-refractivity contribution in [2.45, 2.75) is 44.6 Å². The third-order valence-corrected chi connectivity index (χ3v) is 6.10. The molecule has 0 saturated heterocycles. The molecule has 0 amide bonds. The lowest BCUT2D eigenvalue weighted by atomic mass is 9.58. The van der Waals surface area contributed by atoms with Gasteiger partial charge in [-0.1, -0.05) is 25.1 Å². The molecule has 2 fully saturated rings. The Morgan fingerprint density at radius 3 is 2.57 bits per heavy atom. The number of allylic oxidation sites excluding steroid dienone is 1. The highest BCUT2D eigenvalue weighted by Gasteiger charge is 2.52. The summed E-state index contributed by atoms with van der Waals surface area (Å²) in [6.07, 6.45) is 6.31. The van der Waals surface area contributed by atoms with Crippen LogP contribution in [-0.2, 0) is 0 Å². The second-order valence-electron chi connectivity index (χ2n) is 6.94. The van der Waals surface area contributed by atoms with E-state index in [4.69, 9.17) is 4.74 Å². The molecule has 2 saturated carbocycles. The first-order chi connectivity index (χ1) is 10.1. The summed E-state index contributed by atoms with van der Waals surface area (Å²) >= 11 is 0. The number of fused-ring (bicyclic) bond motifs is 1. The molecule has 0 radical (unpaired) electrons. The molecule has 2 heteroatoms. The van der Waals surface area contributed by atoms with E-state index in [1.54, 1.807) is 7.11 Å². The summed E-state index contributed by atoms with van der Waals surface area (Å²) < 4.78 is 5.26. The van der Waals surface area contributed by atoms with Gasteiger partial charge in [0.15, 0.2) is 0 Å². The predicted molar refractivity (Wildman–Crippen MR) is 85.5 cm³/mol. The predicted octanol–water partition coefficient (Wildman–Crippen LogP) is 4.15. The second kappa shape index (κ2) is 5.49. The molecule has 2 nitrogen and oxygen atoms in total. The van der Waals surface area contributed by atoms with Crippen LogP contribution in [0.5, 0.6) is 5.75 Å². The summed E-state index contributed by atoms with van der Waals surface area (Å²) in [6, 6.07) is 8.47. The van der Waals surface area contributed by atoms with Crippen LogP contribution < -0.4 is 4.74 Å². The number of rotatable bonds is 3. The van der Waals surface area contributed by atoms with Gasteiger partial charge in [-0.3, -0.25) is 0 Å². The zero-order valence-corrected chi connectivity index (χ0v) is 13.1. The van der Waals surface area contributed by atoms with Crippen LogP contribution in [0.2, 0.25) is 0 Å². The minimum Gasteiger partial charge on any atom is -0.497 e. The molecular weight excluding hydrogens is 260 g/mol. The maximum Gasteiger partial charge on any atom is 0.118 e. The molecule has 0 aromatic heterocycles. The Balaban J connectivity index is 1.88. The number of methoxy groups -OCH3 is 1. The lowest BCUT2D eigenvalue weighted by Gasteiger charge is -2.46. The lowest BCUT2D eigenvalue weighted by Crippen LogP contribution is -2.41. The first kappa shape index (κ1) is 14.6. The van der Waals surface area contributed by atoms with Crippen LogP contribution in [-0.4, -0.2) is 18.3 Å². The van der Waals surface area contributed by atoms with E-state index in [2.05, 4.69) is 31.7 Å². The molecule has 0 aliphatic heterocycles. The summed E-state index contributed by atoms with van der Waals surface area (Å²) in [5.41, 5.74) is 1.46. The smallest absolute Gasteiger partial charge is 0.118 e. The Morgan fingerprint density at radius 1 is 1.24 bits per heavy atom. The Kier molecular flexibility index (Phi) is 3.83. The fraction of sp³-hybridized carbons (Fsp3) is 0.579. The van der Waals surface area contributed by atoms with E-state index in [1.165, 1.54) is 5.56 Å². The molecule has 2 aliphatic rings. The van der Waals surface area contributed by atoms with Crippen molar-refractivity contribution < 1.29 is 9.84 Å². The minimum absolute atomic E-state index is 0.0851. The van der Waals surface area contributed by atoms with Gasteiger partial charge >= 0.3 is 0 Å². The Hall–Kier alpha value is -1.28. The van der Waals surface area contributed by atoms with Gasteiger partial charge in [0.05, 0.1) is 13.2 Å². The topological polar surface area (TPSA) is 29.5 Å². The number of benzene rings is 1. The maximum atomic E-state index is 10.4. The van der Waals surface area contributed by atoms with Crippen molar-refractivity contribution >= 4 is 0 Å². The van der Waals surface area contributed by atoms with Gasteiger partial charge in [-0.15, -0.1) is 6.58 Å². The first-order valence-electron chi connectivity index (χ1n) is 8.04. The van der Waals surface area contributed by atoms with Crippen molar-refractivity contribution in [3.8, 4) is 5.75 Å². The highest BCUT2D eigenvalue weighted by molar-refractivity contribution is 5.31. The van der Waals surface area contributed by atoms with Crippen LogP contribution in [0.1, 0.15) is 44.1 Å². The summed E-state index contributed by atoms with van der Waals surface area (Å²) in [5.74, 6) is 2.46. The fourth-order valence-corrected chi connectivity index (χ4v) is 4.74. The lowest BCUT2D eigenvalue weighted by molar-refractivity contribution is -0.00766. The monoisotopic (exact) mass is 286 g/mol. The Bertz CT molecular complexity index is 507. The third kappa shape index (κ3) is 2.30. The van der Waals surface area contributed by atoms with Gasteiger partial charge in [0, 0.05) is 0 Å². The summed E-state index contributed by atoms with van der Waals surface area (Å²) in [7, 11) is 1.70. The van der Waals surface area contributed by atoms with E-state index in [9.17, 15) is 5.11 Å². The van der Waals surface area contributed by atoms with E-state index in [1.807, 2.05) is 12.1 Å². The van der Waals surface area contributed by atoms with Crippen molar-refractivity contribution in [1.82, 2.24) is 0 Å². The molecule has 5 atom stereocenters. The standard InChI is InChI=1S/C19H26O2/c1-4-15-16(13-5-7-14(21-3)8-6-13)11-12-19(2)17(15)9-10-18(19)20/h4-8,15-18,20H,1,9-12H2,2-3H3/t15?,16-,17?,18?,19+/m1/s1. The number of hydrogen-bond acceptors (Lipinski definition) is 2. The van der Waals surface area contributed by atoms with Gasteiger partial charge in [0.1, 0.15) is 5.75 Å². The van der Waals surface area contributed by atoms with E-state index < -0.39 is 0 Å². The van der Waals surface area contributed by atoms with Gasteiger partial charge in [0.2, 0.25) is 0 Å². The van der Waals surface area contributed by atoms with Gasteiger partial charge < -0.3 is 9.84 Å². The van der Waals surface area contributed by atoms with Crippen molar-refractivity contribution in [3.63, 3.8) is 0 Å². The number of aliphatic hydroxyl groups is 1. The van der Waals surface area contributed by atoms with E-state index >= 15 is 0 Å². The molecule has 3 unspecified atom stereocenters. The molecule has 0 spiro atoms. The molecule has 0 bridgehead atoms. The summed E-state index contributed by atoms with van der Waals surface area (Å²) in [5, 5.41) is 10.4. The molecule has 2 aliphatic carbocycles. The molecular formula is C19H26O2. The fourth-order valence-electron chi connectivity index (χ4n) is 4.74. The average molecular weight is 286 g/mol. The van der Waals surface area contributed by atoms with Crippen LogP contribution in [0.15, 0.2) is 36.9 Å². The van der Waals surface area contributed by atoms with Crippen molar-refractivity contribution in [2.24, 2.45) is 17.3 Å². The Morgan fingerprint density at radius 2 is 1.95 bits per heavy atom. The number of aliphatic hydroxyl groups excluding tert-OH is 1. The molecule has 1 aromatic rings. The molecule has 114 valence electrons.